The van der Waals surface area contributed by atoms with E-state index in [-0.39, 0.29) is 11.9 Å². The van der Waals surface area contributed by atoms with E-state index in [2.05, 4.69) is 11.9 Å². The van der Waals surface area contributed by atoms with Crippen molar-refractivity contribution in [3.63, 3.8) is 0 Å². The van der Waals surface area contributed by atoms with Gasteiger partial charge in [-0.3, -0.25) is 9.59 Å². The maximum absolute atomic E-state index is 11.6. The van der Waals surface area contributed by atoms with Crippen molar-refractivity contribution >= 4 is 12.3 Å². The third-order valence-corrected chi connectivity index (χ3v) is 3.50. The predicted octanol–water partition coefficient (Wildman–Crippen LogP) is 0.612. The van der Waals surface area contributed by atoms with E-state index >= 15 is 0 Å². The third kappa shape index (κ3) is 4.87. The lowest BCUT2D eigenvalue weighted by molar-refractivity contribution is -0.122. The Labute approximate surface area is 108 Å². The molecule has 3 N–H and O–H groups in total. The number of rotatable bonds is 7. The van der Waals surface area contributed by atoms with Crippen molar-refractivity contribution in [2.45, 2.75) is 38.1 Å². The fraction of sp³-hybridized carbons (Fsp3) is 0.692. The van der Waals surface area contributed by atoms with Crippen LogP contribution in [0.25, 0.3) is 0 Å². The normalized spacial score (nSPS) is 23.2. The molecule has 1 rings (SSSR count). The van der Waals surface area contributed by atoms with Crippen LogP contribution in [0.2, 0.25) is 0 Å². The molecule has 5 heteroatoms. The van der Waals surface area contributed by atoms with E-state index in [1.165, 1.54) is 23.9 Å². The first-order valence-electron chi connectivity index (χ1n) is 6.53. The molecular formula is C13H23N3O2. The maximum Gasteiger partial charge on any atom is 0.221 e. The molecule has 0 bridgehead atoms. The first kappa shape index (κ1) is 14.7. The van der Waals surface area contributed by atoms with Crippen LogP contribution in [0.3, 0.4) is 0 Å². The van der Waals surface area contributed by atoms with Crippen molar-refractivity contribution in [3.8, 4) is 0 Å². The van der Waals surface area contributed by atoms with Crippen molar-refractivity contribution in [2.75, 3.05) is 13.1 Å². The molecule has 0 aromatic rings. The van der Waals surface area contributed by atoms with Crippen LogP contribution < -0.4 is 11.1 Å². The largest absolute Gasteiger partial charge is 0.356 e. The van der Waals surface area contributed by atoms with Gasteiger partial charge >= 0.3 is 0 Å². The highest BCUT2D eigenvalue weighted by Gasteiger charge is 2.21. The summed E-state index contributed by atoms with van der Waals surface area (Å²) in [6.07, 6.45) is 6.91. The third-order valence-electron chi connectivity index (χ3n) is 3.50. The monoisotopic (exact) mass is 253 g/mol. The molecule has 0 aromatic carbocycles. The van der Waals surface area contributed by atoms with Crippen molar-refractivity contribution in [1.29, 1.82) is 0 Å². The number of nitrogens with one attached hydrogen (secondary N) is 1. The molecule has 1 saturated carbocycles. The molecule has 1 aliphatic rings. The summed E-state index contributed by atoms with van der Waals surface area (Å²) in [5.74, 6) is 0.353. The molecule has 102 valence electrons. The highest BCUT2D eigenvalue weighted by molar-refractivity contribution is 5.76. The van der Waals surface area contributed by atoms with Crippen LogP contribution in [0.4, 0.5) is 0 Å². The number of nitrogens with two attached hydrogens (primary N) is 1. The Balaban J connectivity index is 2.19. The highest BCUT2D eigenvalue weighted by Crippen LogP contribution is 2.22. The Hall–Kier alpha value is -1.36. The lowest BCUT2D eigenvalue weighted by Crippen LogP contribution is -2.41. The number of carbonyl (C=O) groups excluding carboxylic acids is 2. The minimum Gasteiger partial charge on any atom is -0.356 e. The van der Waals surface area contributed by atoms with Gasteiger partial charge in [-0.15, -0.1) is 0 Å². The molecule has 5 nitrogen and oxygen atoms in total. The Morgan fingerprint density at radius 1 is 1.44 bits per heavy atom. The second-order valence-electron chi connectivity index (χ2n) is 4.79. The molecule has 2 amide bonds. The SMILES string of the molecule is C=CN(C=O)CCC(=O)NCC1CCCCC1N. The molecule has 2 atom stereocenters. The van der Waals surface area contributed by atoms with E-state index in [9.17, 15) is 9.59 Å². The number of hydrogen-bond acceptors (Lipinski definition) is 3. The minimum atomic E-state index is -0.0403. The number of carbonyl (C=O) groups is 2. The average molecular weight is 253 g/mol. The van der Waals surface area contributed by atoms with E-state index < -0.39 is 0 Å². The minimum absolute atomic E-state index is 0.0403. The molecular weight excluding hydrogens is 230 g/mol. The van der Waals surface area contributed by atoms with Gasteiger partial charge in [-0.1, -0.05) is 19.4 Å². The van der Waals surface area contributed by atoms with Gasteiger partial charge in [0.25, 0.3) is 0 Å². The van der Waals surface area contributed by atoms with Crippen LogP contribution in [-0.4, -0.2) is 36.3 Å². The second kappa shape index (κ2) is 7.87. The van der Waals surface area contributed by atoms with Crippen molar-refractivity contribution in [3.05, 3.63) is 12.8 Å². The molecule has 0 aromatic heterocycles. The Kier molecular flexibility index (Phi) is 6.43. The summed E-state index contributed by atoms with van der Waals surface area (Å²) in [6.45, 7) is 4.50. The number of nitrogens with zero attached hydrogens (tertiary/aromatic N) is 1. The van der Waals surface area contributed by atoms with Gasteiger partial charge in [0.2, 0.25) is 12.3 Å². The molecule has 0 saturated heterocycles. The second-order valence-corrected chi connectivity index (χ2v) is 4.79. The lowest BCUT2D eigenvalue weighted by atomic mass is 9.85. The molecule has 0 radical (unpaired) electrons. The highest BCUT2D eigenvalue weighted by atomic mass is 16.2. The van der Waals surface area contributed by atoms with Crippen molar-refractivity contribution in [1.82, 2.24) is 10.2 Å². The summed E-state index contributed by atoms with van der Waals surface area (Å²) in [6, 6.07) is 0.207. The zero-order valence-electron chi connectivity index (χ0n) is 10.8. The van der Waals surface area contributed by atoms with Gasteiger partial charge in [-0.05, 0) is 25.0 Å². The van der Waals surface area contributed by atoms with E-state index in [1.54, 1.807) is 0 Å². The van der Waals surface area contributed by atoms with Crippen molar-refractivity contribution < 1.29 is 9.59 Å². The summed E-state index contributed by atoms with van der Waals surface area (Å²) < 4.78 is 0. The molecule has 0 heterocycles. The fourth-order valence-electron chi connectivity index (χ4n) is 2.24. The molecule has 0 spiro atoms. The molecule has 1 fully saturated rings. The quantitative estimate of drug-likeness (QED) is 0.653. The van der Waals surface area contributed by atoms with Gasteiger partial charge in [0, 0.05) is 25.6 Å². The van der Waals surface area contributed by atoms with Gasteiger partial charge in [0.15, 0.2) is 0 Å². The van der Waals surface area contributed by atoms with Gasteiger partial charge < -0.3 is 16.0 Å². The Morgan fingerprint density at radius 3 is 2.78 bits per heavy atom. The van der Waals surface area contributed by atoms with Crippen LogP contribution in [-0.2, 0) is 9.59 Å². The first-order chi connectivity index (χ1) is 8.67. The van der Waals surface area contributed by atoms with E-state index in [0.717, 1.165) is 12.8 Å². The Morgan fingerprint density at radius 2 is 2.17 bits per heavy atom. The summed E-state index contributed by atoms with van der Waals surface area (Å²) in [4.78, 5) is 23.5. The average Bonchev–Trinajstić information content (AvgIpc) is 2.39. The van der Waals surface area contributed by atoms with Crippen LogP contribution in [0, 0.1) is 5.92 Å². The summed E-state index contributed by atoms with van der Waals surface area (Å²) in [5.41, 5.74) is 6.01. The van der Waals surface area contributed by atoms with Gasteiger partial charge in [-0.2, -0.15) is 0 Å². The lowest BCUT2D eigenvalue weighted by Gasteiger charge is -2.28. The zero-order chi connectivity index (χ0) is 13.4. The summed E-state index contributed by atoms with van der Waals surface area (Å²) in [5, 5.41) is 2.89. The molecule has 2 unspecified atom stereocenters. The van der Waals surface area contributed by atoms with Gasteiger partial charge in [0.05, 0.1) is 0 Å². The summed E-state index contributed by atoms with van der Waals surface area (Å²) >= 11 is 0. The standard InChI is InChI=1S/C13H23N3O2/c1-2-16(10-17)8-7-13(18)15-9-11-5-3-4-6-12(11)14/h2,10-12H,1,3-9,14H2,(H,15,18). The number of amides is 2. The smallest absolute Gasteiger partial charge is 0.221 e. The van der Waals surface area contributed by atoms with Crippen molar-refractivity contribution in [2.24, 2.45) is 11.7 Å². The molecule has 18 heavy (non-hydrogen) atoms. The summed E-state index contributed by atoms with van der Waals surface area (Å²) in [7, 11) is 0. The van der Waals surface area contributed by atoms with Gasteiger partial charge in [0.1, 0.15) is 0 Å². The van der Waals surface area contributed by atoms with E-state index in [4.69, 9.17) is 5.73 Å². The zero-order valence-corrected chi connectivity index (χ0v) is 10.8. The predicted molar refractivity (Wildman–Crippen MR) is 70.5 cm³/mol. The first-order valence-corrected chi connectivity index (χ1v) is 6.53. The van der Waals surface area contributed by atoms with Crippen LogP contribution in [0.5, 0.6) is 0 Å². The van der Waals surface area contributed by atoms with Gasteiger partial charge in [-0.25, -0.2) is 0 Å². The molecule has 0 aliphatic heterocycles. The molecule has 1 aliphatic carbocycles. The van der Waals surface area contributed by atoms with E-state index in [0.29, 0.717) is 31.8 Å². The van der Waals surface area contributed by atoms with Crippen LogP contribution in [0.15, 0.2) is 12.8 Å². The van der Waals surface area contributed by atoms with E-state index in [1.807, 2.05) is 0 Å². The fourth-order valence-corrected chi connectivity index (χ4v) is 2.24. The van der Waals surface area contributed by atoms with Crippen LogP contribution >= 0.6 is 0 Å². The number of hydrogen-bond donors (Lipinski definition) is 2. The topological polar surface area (TPSA) is 75.4 Å². The Bertz CT molecular complexity index is 286. The van der Waals surface area contributed by atoms with Crippen LogP contribution in [0.1, 0.15) is 32.1 Å². The maximum atomic E-state index is 11.6.